The van der Waals surface area contributed by atoms with Crippen LogP contribution in [0.15, 0.2) is 28.9 Å². The maximum atomic E-state index is 13.6. The van der Waals surface area contributed by atoms with Gasteiger partial charge in [-0.3, -0.25) is 4.98 Å². The molecule has 3 nitrogen and oxygen atoms in total. The summed E-state index contributed by atoms with van der Waals surface area (Å²) in [5, 5.41) is 0. The Labute approximate surface area is 132 Å². The van der Waals surface area contributed by atoms with Crippen molar-refractivity contribution in [3.05, 3.63) is 57.1 Å². The van der Waals surface area contributed by atoms with E-state index >= 15 is 0 Å². The van der Waals surface area contributed by atoms with E-state index in [1.54, 1.807) is 19.4 Å². The van der Waals surface area contributed by atoms with Crippen LogP contribution in [0.3, 0.4) is 0 Å². The third-order valence-corrected chi connectivity index (χ3v) is 4.38. The van der Waals surface area contributed by atoms with Gasteiger partial charge in [0.05, 0.1) is 11.6 Å². The highest BCUT2D eigenvalue weighted by atomic mass is 79.9. The van der Waals surface area contributed by atoms with Crippen molar-refractivity contribution in [1.29, 1.82) is 0 Å². The predicted molar refractivity (Wildman–Crippen MR) is 85.0 cm³/mol. The molecule has 2 N–H and O–H groups in total. The van der Waals surface area contributed by atoms with Gasteiger partial charge in [-0.25, -0.2) is 4.39 Å². The van der Waals surface area contributed by atoms with Crippen LogP contribution in [-0.2, 0) is 6.42 Å². The van der Waals surface area contributed by atoms with Gasteiger partial charge >= 0.3 is 0 Å². The highest BCUT2D eigenvalue weighted by Gasteiger charge is 2.17. The molecule has 1 aromatic carbocycles. The summed E-state index contributed by atoms with van der Waals surface area (Å²) in [5.41, 5.74) is 9.77. The Morgan fingerprint density at radius 2 is 2.10 bits per heavy atom. The average Bonchev–Trinajstić information content (AvgIpc) is 2.45. The highest BCUT2D eigenvalue weighted by Crippen LogP contribution is 2.30. The molecule has 5 heteroatoms. The van der Waals surface area contributed by atoms with Crippen LogP contribution < -0.4 is 10.5 Å². The number of halogens is 2. The fraction of sp³-hybridized carbons (Fsp3) is 0.312. The number of benzene rings is 1. The van der Waals surface area contributed by atoms with E-state index in [2.05, 4.69) is 20.9 Å². The van der Waals surface area contributed by atoms with Gasteiger partial charge in [-0.2, -0.15) is 0 Å². The van der Waals surface area contributed by atoms with Crippen LogP contribution in [0.5, 0.6) is 5.75 Å². The molecule has 0 fully saturated rings. The standard InChI is InChI=1S/C16H18BrFN2O/c1-9-8-20-14(10(2)16(9)21-3)7-13(19)11-5-4-6-12(18)15(11)17/h4-6,8,13H,7,19H2,1-3H3. The van der Waals surface area contributed by atoms with Crippen LogP contribution in [0.4, 0.5) is 4.39 Å². The third-order valence-electron chi connectivity index (χ3n) is 3.54. The molecule has 0 aliphatic rings. The van der Waals surface area contributed by atoms with E-state index in [1.807, 2.05) is 19.9 Å². The van der Waals surface area contributed by atoms with Crippen LogP contribution in [0, 0.1) is 19.7 Å². The Morgan fingerprint density at radius 1 is 1.38 bits per heavy atom. The topological polar surface area (TPSA) is 48.1 Å². The lowest BCUT2D eigenvalue weighted by Crippen LogP contribution is -2.16. The molecule has 0 bridgehead atoms. The van der Waals surface area contributed by atoms with E-state index in [1.165, 1.54) is 6.07 Å². The van der Waals surface area contributed by atoms with Crippen molar-refractivity contribution < 1.29 is 9.13 Å². The molecule has 0 spiro atoms. The summed E-state index contributed by atoms with van der Waals surface area (Å²) in [6.45, 7) is 3.91. The maximum Gasteiger partial charge on any atom is 0.137 e. The lowest BCUT2D eigenvalue weighted by molar-refractivity contribution is 0.406. The smallest absolute Gasteiger partial charge is 0.137 e. The molecule has 2 rings (SSSR count). The molecule has 0 saturated heterocycles. The first kappa shape index (κ1) is 15.9. The Kier molecular flexibility index (Phi) is 4.96. The third kappa shape index (κ3) is 3.24. The first-order chi connectivity index (χ1) is 9.95. The molecule has 1 unspecified atom stereocenters. The van der Waals surface area contributed by atoms with Gasteiger partial charge in [0.25, 0.3) is 0 Å². The van der Waals surface area contributed by atoms with Crippen molar-refractivity contribution in [2.24, 2.45) is 5.73 Å². The fourth-order valence-corrected chi connectivity index (χ4v) is 2.96. The van der Waals surface area contributed by atoms with Crippen molar-refractivity contribution in [3.8, 4) is 5.75 Å². The van der Waals surface area contributed by atoms with Crippen molar-refractivity contribution in [2.45, 2.75) is 26.3 Å². The minimum Gasteiger partial charge on any atom is -0.496 e. The van der Waals surface area contributed by atoms with Crippen molar-refractivity contribution in [3.63, 3.8) is 0 Å². The Bertz CT molecular complexity index is 661. The van der Waals surface area contributed by atoms with Crippen LogP contribution in [-0.4, -0.2) is 12.1 Å². The van der Waals surface area contributed by atoms with Crippen LogP contribution >= 0.6 is 15.9 Å². The van der Waals surface area contributed by atoms with Gasteiger partial charge in [-0.15, -0.1) is 0 Å². The van der Waals surface area contributed by atoms with Gasteiger partial charge in [0.1, 0.15) is 11.6 Å². The fourth-order valence-electron chi connectivity index (χ4n) is 2.40. The average molecular weight is 353 g/mol. The summed E-state index contributed by atoms with van der Waals surface area (Å²) in [7, 11) is 1.64. The van der Waals surface area contributed by atoms with E-state index in [9.17, 15) is 4.39 Å². The molecule has 0 aliphatic carbocycles. The summed E-state index contributed by atoms with van der Waals surface area (Å²) in [6, 6.07) is 4.54. The molecule has 112 valence electrons. The molecule has 0 amide bonds. The highest BCUT2D eigenvalue weighted by molar-refractivity contribution is 9.10. The van der Waals surface area contributed by atoms with E-state index in [0.717, 1.165) is 28.1 Å². The van der Waals surface area contributed by atoms with E-state index < -0.39 is 0 Å². The zero-order chi connectivity index (χ0) is 15.6. The lowest BCUT2D eigenvalue weighted by atomic mass is 9.99. The number of rotatable bonds is 4. The quantitative estimate of drug-likeness (QED) is 0.908. The summed E-state index contributed by atoms with van der Waals surface area (Å²) in [5.74, 6) is 0.514. The molecule has 0 saturated carbocycles. The van der Waals surface area contributed by atoms with Crippen LogP contribution in [0.1, 0.15) is 28.4 Å². The first-order valence-corrected chi connectivity index (χ1v) is 7.43. The molecular formula is C16H18BrFN2O. The van der Waals surface area contributed by atoms with Gasteiger partial charge in [0.15, 0.2) is 0 Å². The number of aromatic nitrogens is 1. The molecule has 1 heterocycles. The SMILES string of the molecule is COc1c(C)cnc(CC(N)c2cccc(F)c2Br)c1C. The second-order valence-corrected chi connectivity index (χ2v) is 5.79. The zero-order valence-corrected chi connectivity index (χ0v) is 13.9. The first-order valence-electron chi connectivity index (χ1n) is 6.64. The largest absolute Gasteiger partial charge is 0.496 e. The van der Waals surface area contributed by atoms with E-state index in [0.29, 0.717) is 10.9 Å². The Morgan fingerprint density at radius 3 is 2.76 bits per heavy atom. The van der Waals surface area contributed by atoms with E-state index in [-0.39, 0.29) is 11.9 Å². The summed E-state index contributed by atoms with van der Waals surface area (Å²) in [6.07, 6.45) is 2.29. The minimum atomic E-state index is -0.339. The predicted octanol–water partition coefficient (Wildman–Crippen LogP) is 3.85. The Hall–Kier alpha value is -1.46. The molecule has 0 radical (unpaired) electrons. The van der Waals surface area contributed by atoms with Crippen LogP contribution in [0.25, 0.3) is 0 Å². The van der Waals surface area contributed by atoms with Crippen molar-refractivity contribution in [1.82, 2.24) is 4.98 Å². The van der Waals surface area contributed by atoms with Gasteiger partial charge in [0.2, 0.25) is 0 Å². The maximum absolute atomic E-state index is 13.6. The molecular weight excluding hydrogens is 335 g/mol. The molecule has 21 heavy (non-hydrogen) atoms. The number of ether oxygens (including phenoxy) is 1. The van der Waals surface area contributed by atoms with Crippen molar-refractivity contribution >= 4 is 15.9 Å². The van der Waals surface area contributed by atoms with Crippen molar-refractivity contribution in [2.75, 3.05) is 7.11 Å². The molecule has 0 aliphatic heterocycles. The van der Waals surface area contributed by atoms with Gasteiger partial charge in [-0.1, -0.05) is 12.1 Å². The number of hydrogen-bond acceptors (Lipinski definition) is 3. The Balaban J connectivity index is 2.32. The summed E-state index contributed by atoms with van der Waals surface area (Å²) in [4.78, 5) is 4.43. The molecule has 1 aromatic heterocycles. The lowest BCUT2D eigenvalue weighted by Gasteiger charge is -2.17. The van der Waals surface area contributed by atoms with E-state index in [4.69, 9.17) is 10.5 Å². The second-order valence-electron chi connectivity index (χ2n) is 5.00. The number of nitrogens with zero attached hydrogens (tertiary/aromatic N) is 1. The van der Waals surface area contributed by atoms with Gasteiger partial charge in [-0.05, 0) is 41.4 Å². The number of hydrogen-bond donors (Lipinski definition) is 1. The summed E-state index contributed by atoms with van der Waals surface area (Å²) >= 11 is 3.25. The number of aryl methyl sites for hydroxylation is 1. The molecule has 1 atom stereocenters. The minimum absolute atomic E-state index is 0.311. The van der Waals surface area contributed by atoms with Crippen LogP contribution in [0.2, 0.25) is 0 Å². The number of nitrogens with two attached hydrogens (primary N) is 1. The number of pyridine rings is 1. The summed E-state index contributed by atoms with van der Waals surface area (Å²) < 4.78 is 19.4. The van der Waals surface area contributed by atoms with Gasteiger partial charge in [0, 0.05) is 35.5 Å². The van der Waals surface area contributed by atoms with Gasteiger partial charge < -0.3 is 10.5 Å². The number of methoxy groups -OCH3 is 1. The normalized spacial score (nSPS) is 12.3. The second kappa shape index (κ2) is 6.54. The molecule has 2 aromatic rings. The monoisotopic (exact) mass is 352 g/mol. The zero-order valence-electron chi connectivity index (χ0n) is 12.3.